The van der Waals surface area contributed by atoms with Crippen molar-refractivity contribution in [2.75, 3.05) is 6.54 Å². The molecule has 2 saturated carbocycles. The molecule has 2 heterocycles. The molecule has 1 saturated heterocycles. The number of aromatic nitrogens is 1. The molecule has 1 aromatic heterocycles. The smallest absolute Gasteiger partial charge is 0.336 e. The van der Waals surface area contributed by atoms with Crippen LogP contribution in [0.3, 0.4) is 0 Å². The van der Waals surface area contributed by atoms with E-state index in [1.54, 1.807) is 12.3 Å². The predicted molar refractivity (Wildman–Crippen MR) is 147 cm³/mol. The van der Waals surface area contributed by atoms with Crippen molar-refractivity contribution < 1.29 is 31.9 Å². The highest BCUT2D eigenvalue weighted by Crippen LogP contribution is 2.58. The summed E-state index contributed by atoms with van der Waals surface area (Å²) in [6, 6.07) is 9.08. The van der Waals surface area contributed by atoms with Gasteiger partial charge in [-0.1, -0.05) is 51.1 Å². The number of rotatable bonds is 6. The maximum Gasteiger partial charge on any atom is 0.471 e. The number of halogens is 4. The van der Waals surface area contributed by atoms with Crippen LogP contribution in [-0.2, 0) is 14.4 Å². The third-order valence-electron chi connectivity index (χ3n) is 9.08. The van der Waals surface area contributed by atoms with Gasteiger partial charge in [-0.3, -0.25) is 19.4 Å². The standard InChI is InChI=1S/C31H33F4N5O3/c1-30(2,3)26(39-29(43)31(33,34)35)28(42)40-15-21-17-10-20(22(32)11-17)24(21)25(40)27(41)38-23(12-36)19-9-18(13-37-14-19)16-7-5-4-6-8-16/h4-9,13-14,17,20-26H,10-11,15H2,1-3H3,(H,38,41)(H,39,43). The minimum atomic E-state index is -5.22. The number of carbonyl (C=O) groups excluding carboxylic acids is 3. The summed E-state index contributed by atoms with van der Waals surface area (Å²) >= 11 is 0. The molecule has 8 unspecified atom stereocenters. The Bertz CT molecular complexity index is 1440. The molecule has 2 aliphatic carbocycles. The lowest BCUT2D eigenvalue weighted by molar-refractivity contribution is -0.176. The normalized spacial score (nSPS) is 27.6. The van der Waals surface area contributed by atoms with E-state index in [1.807, 2.05) is 35.6 Å². The van der Waals surface area contributed by atoms with E-state index in [1.165, 1.54) is 31.9 Å². The van der Waals surface area contributed by atoms with E-state index in [9.17, 15) is 37.2 Å². The molecule has 0 spiro atoms. The Kier molecular flexibility index (Phi) is 7.96. The Balaban J connectivity index is 1.45. The van der Waals surface area contributed by atoms with Gasteiger partial charge in [0.2, 0.25) is 11.8 Å². The zero-order valence-corrected chi connectivity index (χ0v) is 23.9. The summed E-state index contributed by atoms with van der Waals surface area (Å²) in [5.41, 5.74) is 0.815. The number of benzene rings is 1. The minimum absolute atomic E-state index is 0.0478. The molecule has 5 rings (SSSR count). The molecule has 8 atom stereocenters. The minimum Gasteiger partial charge on any atom is -0.336 e. The van der Waals surface area contributed by atoms with Gasteiger partial charge in [0, 0.05) is 30.1 Å². The number of likely N-dealkylation sites (tertiary alicyclic amines) is 1. The van der Waals surface area contributed by atoms with Gasteiger partial charge in [-0.15, -0.1) is 0 Å². The Morgan fingerprint density at radius 2 is 1.72 bits per heavy atom. The van der Waals surface area contributed by atoms with Crippen molar-refractivity contribution in [3.8, 4) is 17.2 Å². The summed E-state index contributed by atoms with van der Waals surface area (Å²) in [5.74, 6) is -5.17. The fraction of sp³-hybridized carbons (Fsp3) is 0.516. The quantitative estimate of drug-likeness (QED) is 0.480. The number of amides is 3. The van der Waals surface area contributed by atoms with Gasteiger partial charge in [0.15, 0.2) is 0 Å². The molecular formula is C31H33F4N5O3. The fourth-order valence-corrected chi connectivity index (χ4v) is 7.12. The summed E-state index contributed by atoms with van der Waals surface area (Å²) in [7, 11) is 0. The molecule has 3 amide bonds. The maximum atomic E-state index is 15.0. The van der Waals surface area contributed by atoms with Crippen molar-refractivity contribution in [1.29, 1.82) is 5.26 Å². The SMILES string of the molecule is CC(C)(C)C(NC(=O)C(F)(F)F)C(=O)N1CC2C3CC(F)C(C3)C2C1C(=O)NC(C#N)c1cncc(-c2ccccc2)c1. The van der Waals surface area contributed by atoms with Crippen LogP contribution < -0.4 is 10.6 Å². The number of carbonyl (C=O) groups is 3. The molecule has 3 fully saturated rings. The summed E-state index contributed by atoms with van der Waals surface area (Å²) in [6.45, 7) is 4.58. The van der Waals surface area contributed by atoms with Crippen LogP contribution in [-0.4, -0.2) is 58.6 Å². The molecule has 228 valence electrons. The first-order chi connectivity index (χ1) is 20.2. The van der Waals surface area contributed by atoms with Gasteiger partial charge in [-0.25, -0.2) is 4.39 Å². The first-order valence-corrected chi connectivity index (χ1v) is 14.2. The number of nitriles is 1. The number of fused-ring (bicyclic) bond motifs is 5. The number of hydrogen-bond donors (Lipinski definition) is 2. The Hall–Kier alpha value is -4.01. The number of nitrogens with one attached hydrogen (secondary N) is 2. The molecule has 8 nitrogen and oxygen atoms in total. The number of nitrogens with zero attached hydrogens (tertiary/aromatic N) is 3. The van der Waals surface area contributed by atoms with Crippen LogP contribution in [0, 0.1) is 40.4 Å². The van der Waals surface area contributed by atoms with E-state index >= 15 is 0 Å². The summed E-state index contributed by atoms with van der Waals surface area (Å²) in [5, 5.41) is 14.5. The van der Waals surface area contributed by atoms with E-state index in [0.717, 1.165) is 5.56 Å². The van der Waals surface area contributed by atoms with E-state index in [-0.39, 0.29) is 18.4 Å². The van der Waals surface area contributed by atoms with E-state index in [2.05, 4.69) is 16.4 Å². The van der Waals surface area contributed by atoms with Crippen LogP contribution in [0.5, 0.6) is 0 Å². The monoisotopic (exact) mass is 599 g/mol. The van der Waals surface area contributed by atoms with Crippen LogP contribution in [0.2, 0.25) is 0 Å². The highest BCUT2D eigenvalue weighted by Gasteiger charge is 2.63. The van der Waals surface area contributed by atoms with Crippen molar-refractivity contribution in [2.45, 2.75) is 64.1 Å². The maximum absolute atomic E-state index is 15.0. The lowest BCUT2D eigenvalue weighted by atomic mass is 9.77. The van der Waals surface area contributed by atoms with Crippen LogP contribution >= 0.6 is 0 Å². The summed E-state index contributed by atoms with van der Waals surface area (Å²) < 4.78 is 54.6. The molecular weight excluding hydrogens is 566 g/mol. The number of pyridine rings is 1. The second-order valence-electron chi connectivity index (χ2n) is 12.8. The van der Waals surface area contributed by atoms with Crippen molar-refractivity contribution in [1.82, 2.24) is 20.5 Å². The highest BCUT2D eigenvalue weighted by molar-refractivity contribution is 5.94. The molecule has 43 heavy (non-hydrogen) atoms. The fourth-order valence-electron chi connectivity index (χ4n) is 7.12. The average Bonchev–Trinajstić information content (AvgIpc) is 3.64. The van der Waals surface area contributed by atoms with Gasteiger partial charge in [-0.05, 0) is 53.6 Å². The lowest BCUT2D eigenvalue weighted by Crippen LogP contribution is -2.60. The zero-order chi connectivity index (χ0) is 31.3. The van der Waals surface area contributed by atoms with Gasteiger partial charge in [0.05, 0.1) is 6.07 Å². The predicted octanol–water partition coefficient (Wildman–Crippen LogP) is 4.34. The van der Waals surface area contributed by atoms with Gasteiger partial charge in [0.1, 0.15) is 24.3 Å². The first kappa shape index (κ1) is 30.4. The third kappa shape index (κ3) is 5.82. The molecule has 3 aliphatic rings. The van der Waals surface area contributed by atoms with Gasteiger partial charge in [0.25, 0.3) is 0 Å². The molecule has 2 aromatic rings. The van der Waals surface area contributed by atoms with Gasteiger partial charge < -0.3 is 15.5 Å². The van der Waals surface area contributed by atoms with E-state index < -0.39 is 65.4 Å². The molecule has 2 bridgehead atoms. The van der Waals surface area contributed by atoms with Crippen molar-refractivity contribution in [3.05, 3.63) is 54.4 Å². The van der Waals surface area contributed by atoms with E-state index in [0.29, 0.717) is 24.0 Å². The van der Waals surface area contributed by atoms with Crippen molar-refractivity contribution in [3.63, 3.8) is 0 Å². The van der Waals surface area contributed by atoms with Crippen molar-refractivity contribution in [2.24, 2.45) is 29.1 Å². The molecule has 1 aromatic carbocycles. The molecule has 0 radical (unpaired) electrons. The molecule has 2 N–H and O–H groups in total. The zero-order valence-electron chi connectivity index (χ0n) is 23.9. The van der Waals surface area contributed by atoms with Crippen molar-refractivity contribution >= 4 is 17.7 Å². The summed E-state index contributed by atoms with van der Waals surface area (Å²) in [6.07, 6.45) is -2.47. The largest absolute Gasteiger partial charge is 0.471 e. The average molecular weight is 600 g/mol. The Morgan fingerprint density at radius 1 is 1.02 bits per heavy atom. The summed E-state index contributed by atoms with van der Waals surface area (Å²) in [4.78, 5) is 45.2. The van der Waals surface area contributed by atoms with Crippen LogP contribution in [0.25, 0.3) is 11.1 Å². The Labute approximate surface area is 246 Å². The number of hydrogen-bond acceptors (Lipinski definition) is 5. The van der Waals surface area contributed by atoms with Gasteiger partial charge >= 0.3 is 12.1 Å². The molecule has 12 heteroatoms. The second-order valence-corrected chi connectivity index (χ2v) is 12.8. The van der Waals surface area contributed by atoms with Crippen LogP contribution in [0.1, 0.15) is 45.2 Å². The highest BCUT2D eigenvalue weighted by atomic mass is 19.4. The van der Waals surface area contributed by atoms with E-state index in [4.69, 9.17) is 0 Å². The van der Waals surface area contributed by atoms with Crippen LogP contribution in [0.15, 0.2) is 48.8 Å². The van der Waals surface area contributed by atoms with Gasteiger partial charge in [-0.2, -0.15) is 18.4 Å². The Morgan fingerprint density at radius 3 is 2.35 bits per heavy atom. The number of alkyl halides is 4. The van der Waals surface area contributed by atoms with Crippen LogP contribution in [0.4, 0.5) is 17.6 Å². The topological polar surface area (TPSA) is 115 Å². The lowest BCUT2D eigenvalue weighted by Gasteiger charge is -2.37. The second kappa shape index (κ2) is 11.2. The molecule has 1 aliphatic heterocycles. The third-order valence-corrected chi connectivity index (χ3v) is 9.08. The first-order valence-electron chi connectivity index (χ1n) is 14.2.